The summed E-state index contributed by atoms with van der Waals surface area (Å²) in [6.07, 6.45) is 0. The molecule has 0 saturated heterocycles. The smallest absolute Gasteiger partial charge is 0.337 e. The third-order valence-electron chi connectivity index (χ3n) is 2.62. The summed E-state index contributed by atoms with van der Waals surface area (Å²) in [6, 6.07) is 11.3. The predicted octanol–water partition coefficient (Wildman–Crippen LogP) is 2.86. The molecule has 2 N–H and O–H groups in total. The van der Waals surface area contributed by atoms with E-state index in [1.807, 2.05) is 0 Å². The lowest BCUT2D eigenvalue weighted by molar-refractivity contribution is 0.0601. The quantitative estimate of drug-likeness (QED) is 0.653. The van der Waals surface area contributed by atoms with Crippen molar-refractivity contribution >= 4 is 11.7 Å². The van der Waals surface area contributed by atoms with Crippen LogP contribution in [0.1, 0.15) is 10.4 Å². The minimum atomic E-state index is -0.476. The lowest BCUT2D eigenvalue weighted by Gasteiger charge is -2.05. The van der Waals surface area contributed by atoms with Gasteiger partial charge in [-0.15, -0.1) is 0 Å². The van der Waals surface area contributed by atoms with Crippen LogP contribution in [-0.4, -0.2) is 13.1 Å². The summed E-state index contributed by atoms with van der Waals surface area (Å²) >= 11 is 0. The van der Waals surface area contributed by atoms with Gasteiger partial charge < -0.3 is 10.5 Å². The van der Waals surface area contributed by atoms with Crippen molar-refractivity contribution in [3.8, 4) is 11.1 Å². The van der Waals surface area contributed by atoms with E-state index in [0.717, 1.165) is 5.56 Å². The Hall–Kier alpha value is -2.36. The molecule has 0 fully saturated rings. The maximum atomic E-state index is 13.4. The normalized spacial score (nSPS) is 10.1. The second-order valence-corrected chi connectivity index (χ2v) is 3.81. The summed E-state index contributed by atoms with van der Waals surface area (Å²) in [5.74, 6) is -0.899. The molecule has 4 heteroatoms. The molecule has 0 amide bonds. The zero-order valence-corrected chi connectivity index (χ0v) is 9.81. The van der Waals surface area contributed by atoms with Gasteiger partial charge in [0.05, 0.1) is 18.4 Å². The first kappa shape index (κ1) is 12.1. The number of carbonyl (C=O) groups is 1. The molecule has 0 saturated carbocycles. The van der Waals surface area contributed by atoms with E-state index in [0.29, 0.717) is 11.1 Å². The SMILES string of the molecule is COC(=O)c1cccc(-c2ccc(N)c(F)c2)c1. The molecule has 0 aliphatic heterocycles. The number of anilines is 1. The number of halogens is 1. The van der Waals surface area contributed by atoms with Gasteiger partial charge in [-0.1, -0.05) is 18.2 Å². The van der Waals surface area contributed by atoms with Gasteiger partial charge in [-0.2, -0.15) is 0 Å². The van der Waals surface area contributed by atoms with E-state index in [2.05, 4.69) is 4.74 Å². The van der Waals surface area contributed by atoms with E-state index >= 15 is 0 Å². The fraction of sp³-hybridized carbons (Fsp3) is 0.0714. The molecule has 2 aromatic rings. The molecule has 0 bridgehead atoms. The molecule has 0 aliphatic rings. The number of benzene rings is 2. The van der Waals surface area contributed by atoms with Crippen molar-refractivity contribution in [1.82, 2.24) is 0 Å². The van der Waals surface area contributed by atoms with E-state index in [9.17, 15) is 9.18 Å². The molecule has 2 aromatic carbocycles. The van der Waals surface area contributed by atoms with E-state index in [4.69, 9.17) is 5.73 Å². The molecule has 18 heavy (non-hydrogen) atoms. The van der Waals surface area contributed by atoms with Gasteiger partial charge in [0.15, 0.2) is 0 Å². The van der Waals surface area contributed by atoms with Crippen molar-refractivity contribution in [2.45, 2.75) is 0 Å². The molecular formula is C14H12FNO2. The van der Waals surface area contributed by atoms with Crippen LogP contribution in [-0.2, 0) is 4.74 Å². The second kappa shape index (κ2) is 4.87. The van der Waals surface area contributed by atoms with Crippen molar-refractivity contribution in [3.63, 3.8) is 0 Å². The van der Waals surface area contributed by atoms with Crippen LogP contribution in [0.15, 0.2) is 42.5 Å². The van der Waals surface area contributed by atoms with E-state index < -0.39 is 11.8 Å². The Morgan fingerprint density at radius 1 is 1.17 bits per heavy atom. The van der Waals surface area contributed by atoms with Gasteiger partial charge in [0.25, 0.3) is 0 Å². The molecule has 0 radical (unpaired) electrons. The molecule has 0 heterocycles. The molecule has 0 spiro atoms. The predicted molar refractivity (Wildman–Crippen MR) is 67.6 cm³/mol. The van der Waals surface area contributed by atoms with E-state index in [1.54, 1.807) is 30.3 Å². The maximum absolute atomic E-state index is 13.4. The lowest BCUT2D eigenvalue weighted by Crippen LogP contribution is -2.00. The Morgan fingerprint density at radius 2 is 1.89 bits per heavy atom. The number of nitrogens with two attached hydrogens (primary N) is 1. The topological polar surface area (TPSA) is 52.3 Å². The molecular weight excluding hydrogens is 233 g/mol. The Balaban J connectivity index is 2.44. The third kappa shape index (κ3) is 2.32. The molecule has 0 atom stereocenters. The summed E-state index contributed by atoms with van der Waals surface area (Å²) < 4.78 is 18.0. The van der Waals surface area contributed by atoms with Gasteiger partial charge in [-0.3, -0.25) is 0 Å². The van der Waals surface area contributed by atoms with Crippen molar-refractivity contribution in [1.29, 1.82) is 0 Å². The zero-order valence-electron chi connectivity index (χ0n) is 9.81. The fourth-order valence-electron chi connectivity index (χ4n) is 1.65. The third-order valence-corrected chi connectivity index (χ3v) is 2.62. The summed E-state index contributed by atoms with van der Waals surface area (Å²) in [4.78, 5) is 11.4. The minimum absolute atomic E-state index is 0.0999. The van der Waals surface area contributed by atoms with Crippen LogP contribution in [0.4, 0.5) is 10.1 Å². The van der Waals surface area contributed by atoms with Crippen LogP contribution < -0.4 is 5.73 Å². The van der Waals surface area contributed by atoms with E-state index in [-0.39, 0.29) is 5.69 Å². The number of hydrogen-bond donors (Lipinski definition) is 1. The molecule has 92 valence electrons. The Kier molecular flexibility index (Phi) is 3.28. The first-order valence-corrected chi connectivity index (χ1v) is 5.35. The van der Waals surface area contributed by atoms with Crippen molar-refractivity contribution in [2.75, 3.05) is 12.8 Å². The summed E-state index contributed by atoms with van der Waals surface area (Å²) in [5.41, 5.74) is 7.33. The zero-order chi connectivity index (χ0) is 13.1. The highest BCUT2D eigenvalue weighted by atomic mass is 19.1. The number of ether oxygens (including phenoxy) is 1. The Labute approximate surface area is 104 Å². The van der Waals surface area contributed by atoms with Gasteiger partial charge in [0.2, 0.25) is 0 Å². The van der Waals surface area contributed by atoms with Crippen molar-refractivity contribution in [3.05, 3.63) is 53.8 Å². The van der Waals surface area contributed by atoms with Crippen LogP contribution >= 0.6 is 0 Å². The van der Waals surface area contributed by atoms with Crippen molar-refractivity contribution in [2.24, 2.45) is 0 Å². The summed E-state index contributed by atoms with van der Waals surface area (Å²) in [7, 11) is 1.32. The van der Waals surface area contributed by atoms with Gasteiger partial charge in [0.1, 0.15) is 5.82 Å². The van der Waals surface area contributed by atoms with Crippen LogP contribution in [0.3, 0.4) is 0 Å². The maximum Gasteiger partial charge on any atom is 0.337 e. The van der Waals surface area contributed by atoms with E-state index in [1.165, 1.54) is 19.2 Å². The monoisotopic (exact) mass is 245 g/mol. The average molecular weight is 245 g/mol. The van der Waals surface area contributed by atoms with Gasteiger partial charge in [0, 0.05) is 0 Å². The molecule has 0 aliphatic carbocycles. The highest BCUT2D eigenvalue weighted by molar-refractivity contribution is 5.91. The number of rotatable bonds is 2. The number of hydrogen-bond acceptors (Lipinski definition) is 3. The van der Waals surface area contributed by atoms with Crippen LogP contribution in [0, 0.1) is 5.82 Å². The number of nitrogen functional groups attached to an aromatic ring is 1. The highest BCUT2D eigenvalue weighted by Crippen LogP contribution is 2.23. The molecule has 0 unspecified atom stereocenters. The number of esters is 1. The fourth-order valence-corrected chi connectivity index (χ4v) is 1.65. The molecule has 0 aromatic heterocycles. The standard InChI is InChI=1S/C14H12FNO2/c1-18-14(17)11-4-2-3-9(7-11)10-5-6-13(16)12(15)8-10/h2-8H,16H2,1H3. The number of methoxy groups -OCH3 is 1. The largest absolute Gasteiger partial charge is 0.465 e. The minimum Gasteiger partial charge on any atom is -0.465 e. The molecule has 2 rings (SSSR count). The van der Waals surface area contributed by atoms with Crippen LogP contribution in [0.25, 0.3) is 11.1 Å². The van der Waals surface area contributed by atoms with Gasteiger partial charge in [-0.05, 0) is 35.4 Å². The second-order valence-electron chi connectivity index (χ2n) is 3.81. The first-order chi connectivity index (χ1) is 8.61. The van der Waals surface area contributed by atoms with Crippen molar-refractivity contribution < 1.29 is 13.9 Å². The summed E-state index contributed by atoms with van der Waals surface area (Å²) in [6.45, 7) is 0. The summed E-state index contributed by atoms with van der Waals surface area (Å²) in [5, 5.41) is 0. The van der Waals surface area contributed by atoms with Crippen LogP contribution in [0.5, 0.6) is 0 Å². The van der Waals surface area contributed by atoms with Gasteiger partial charge in [-0.25, -0.2) is 9.18 Å². The average Bonchev–Trinajstić information content (AvgIpc) is 2.41. The Morgan fingerprint density at radius 3 is 2.56 bits per heavy atom. The lowest BCUT2D eigenvalue weighted by atomic mass is 10.0. The highest BCUT2D eigenvalue weighted by Gasteiger charge is 2.08. The van der Waals surface area contributed by atoms with Crippen LogP contribution in [0.2, 0.25) is 0 Å². The molecule has 3 nitrogen and oxygen atoms in total. The number of carbonyl (C=O) groups excluding carboxylic acids is 1. The Bertz CT molecular complexity index is 596. The first-order valence-electron chi connectivity index (χ1n) is 5.35. The van der Waals surface area contributed by atoms with Gasteiger partial charge >= 0.3 is 5.97 Å².